The van der Waals surface area contributed by atoms with E-state index < -0.39 is 32.8 Å². The molecular formula is C32H33BrClNO8S. The minimum absolute atomic E-state index is 0.0661. The summed E-state index contributed by atoms with van der Waals surface area (Å²) in [6.07, 6.45) is 1.35. The van der Waals surface area contributed by atoms with E-state index >= 15 is 0 Å². The predicted octanol–water partition coefficient (Wildman–Crippen LogP) is 6.65. The number of allylic oxidation sites excluding steroid dienone is 4. The number of benzene rings is 2. The van der Waals surface area contributed by atoms with Crippen molar-refractivity contribution in [1.82, 2.24) is 4.90 Å². The summed E-state index contributed by atoms with van der Waals surface area (Å²) in [6, 6.07) is 8.72. The number of Topliss-reactive ketones (excluding diaryl/α,β-unsaturated/α-hetero) is 2. The minimum Gasteiger partial charge on any atom is -0.493 e. The lowest BCUT2D eigenvalue weighted by Crippen LogP contribution is -2.45. The van der Waals surface area contributed by atoms with E-state index in [0.717, 1.165) is 0 Å². The molecule has 0 aromatic heterocycles. The molecule has 12 heteroatoms. The Kier molecular flexibility index (Phi) is 8.31. The molecule has 9 nitrogen and oxygen atoms in total. The second-order valence-electron chi connectivity index (χ2n) is 13.0. The molecule has 0 radical (unpaired) electrons. The predicted molar refractivity (Wildman–Crippen MR) is 167 cm³/mol. The molecule has 5 rings (SSSR count). The summed E-state index contributed by atoms with van der Waals surface area (Å²) in [7, 11) is -2.92. The van der Waals surface area contributed by atoms with Gasteiger partial charge in [-0.3, -0.25) is 14.4 Å². The molecule has 44 heavy (non-hydrogen) atoms. The Morgan fingerprint density at radius 1 is 0.977 bits per heavy atom. The van der Waals surface area contributed by atoms with Crippen LogP contribution in [0.4, 0.5) is 0 Å². The minimum atomic E-state index is -4.28. The van der Waals surface area contributed by atoms with Gasteiger partial charge in [0.2, 0.25) is 0 Å². The molecule has 0 unspecified atom stereocenters. The van der Waals surface area contributed by atoms with Gasteiger partial charge in [0.15, 0.2) is 23.1 Å². The smallest absolute Gasteiger partial charge is 0.339 e. The van der Waals surface area contributed by atoms with E-state index in [9.17, 15) is 27.9 Å². The fraction of sp³-hybridized carbons (Fsp3) is 0.406. The number of halogens is 2. The first-order chi connectivity index (χ1) is 20.4. The number of methoxy groups -OCH3 is 1. The van der Waals surface area contributed by atoms with Crippen molar-refractivity contribution < 1.29 is 36.8 Å². The number of rotatable bonds is 7. The molecule has 1 aliphatic heterocycles. The summed E-state index contributed by atoms with van der Waals surface area (Å²) >= 11 is 9.37. The summed E-state index contributed by atoms with van der Waals surface area (Å²) in [5, 5.41) is 10.3. The van der Waals surface area contributed by atoms with E-state index in [4.69, 9.17) is 20.5 Å². The van der Waals surface area contributed by atoms with Gasteiger partial charge in [-0.2, -0.15) is 8.42 Å². The van der Waals surface area contributed by atoms with Gasteiger partial charge >= 0.3 is 16.1 Å². The third-order valence-electron chi connectivity index (χ3n) is 8.20. The number of ether oxygens (including phenoxy) is 1. The molecule has 0 saturated heterocycles. The third-order valence-corrected chi connectivity index (χ3v) is 10.3. The van der Waals surface area contributed by atoms with Crippen molar-refractivity contribution in [3.8, 4) is 11.5 Å². The molecule has 0 spiro atoms. The lowest BCUT2D eigenvalue weighted by atomic mass is 9.63. The Bertz CT molecular complexity index is 1700. The Balaban J connectivity index is 1.70. The van der Waals surface area contributed by atoms with Gasteiger partial charge in [0, 0.05) is 46.3 Å². The standard InChI is InChI=1S/C32H33BrClNO8S/c1-31(2)12-21-28(23(36)14-31)27(29-22(35(21)16-26(38)39)13-32(3,4)15-24(29)37)17-10-20(33)30(25(11-17)42-5)43-44(40,41)19-8-6-18(34)7-9-19/h6-11,27H,12-16H2,1-5H3,(H,38,39). The van der Waals surface area contributed by atoms with Crippen LogP contribution in [0.3, 0.4) is 0 Å². The van der Waals surface area contributed by atoms with Crippen LogP contribution < -0.4 is 8.92 Å². The first kappa shape index (κ1) is 32.2. The molecular weight excluding hydrogens is 674 g/mol. The zero-order valence-electron chi connectivity index (χ0n) is 25.0. The SMILES string of the molecule is COc1cc(C2C3=C(CC(C)(C)CC3=O)N(CC(=O)O)C3=C2C(=O)CC(C)(C)C3)cc(Br)c1OS(=O)(=O)c1ccc(Cl)cc1. The lowest BCUT2D eigenvalue weighted by Gasteiger charge is -2.48. The number of carbonyl (C=O) groups excluding carboxylic acids is 2. The van der Waals surface area contributed by atoms with E-state index in [0.29, 0.717) is 46.0 Å². The van der Waals surface area contributed by atoms with Gasteiger partial charge in [-0.15, -0.1) is 0 Å². The normalized spacial score (nSPS) is 19.9. The molecule has 1 N–H and O–H groups in total. The van der Waals surface area contributed by atoms with Crippen molar-refractivity contribution in [3.63, 3.8) is 0 Å². The molecule has 2 aromatic rings. The van der Waals surface area contributed by atoms with Crippen molar-refractivity contribution in [3.05, 3.63) is 74.0 Å². The lowest BCUT2D eigenvalue weighted by molar-refractivity contribution is -0.138. The van der Waals surface area contributed by atoms with E-state index in [1.165, 1.54) is 31.4 Å². The quantitative estimate of drug-likeness (QED) is 0.315. The van der Waals surface area contributed by atoms with Crippen LogP contribution >= 0.6 is 27.5 Å². The number of ketones is 2. The molecule has 2 aromatic carbocycles. The van der Waals surface area contributed by atoms with Crippen molar-refractivity contribution in [2.75, 3.05) is 13.7 Å². The van der Waals surface area contributed by atoms with E-state index in [1.54, 1.807) is 17.0 Å². The van der Waals surface area contributed by atoms with Crippen LogP contribution in [0.1, 0.15) is 64.9 Å². The summed E-state index contributed by atoms with van der Waals surface area (Å²) in [4.78, 5) is 41.5. The number of hydrogen-bond acceptors (Lipinski definition) is 8. The van der Waals surface area contributed by atoms with E-state index in [-0.39, 0.29) is 51.8 Å². The third kappa shape index (κ3) is 6.06. The second-order valence-corrected chi connectivity index (χ2v) is 15.9. The van der Waals surface area contributed by atoms with Gasteiger partial charge in [0.1, 0.15) is 11.4 Å². The molecule has 1 heterocycles. The van der Waals surface area contributed by atoms with Gasteiger partial charge in [0.25, 0.3) is 0 Å². The summed E-state index contributed by atoms with van der Waals surface area (Å²) in [5.74, 6) is -2.24. The molecule has 0 fully saturated rings. The van der Waals surface area contributed by atoms with Crippen LogP contribution in [-0.4, -0.2) is 49.6 Å². The van der Waals surface area contributed by atoms with Crippen LogP contribution in [-0.2, 0) is 24.5 Å². The summed E-state index contributed by atoms with van der Waals surface area (Å²) in [5.41, 5.74) is 1.64. The maximum atomic E-state index is 13.9. The first-order valence-electron chi connectivity index (χ1n) is 14.0. The maximum Gasteiger partial charge on any atom is 0.339 e. The highest BCUT2D eigenvalue weighted by Gasteiger charge is 2.49. The molecule has 0 bridgehead atoms. The number of carbonyl (C=O) groups is 3. The van der Waals surface area contributed by atoms with E-state index in [2.05, 4.69) is 15.9 Å². The zero-order valence-corrected chi connectivity index (χ0v) is 28.2. The van der Waals surface area contributed by atoms with Crippen molar-refractivity contribution >= 4 is 55.2 Å². The highest BCUT2D eigenvalue weighted by Crippen LogP contribution is 2.55. The summed E-state index contributed by atoms with van der Waals surface area (Å²) < 4.78 is 37.6. The number of carboxylic acids is 1. The number of nitrogens with zero attached hydrogens (tertiary/aromatic N) is 1. The van der Waals surface area contributed by atoms with Crippen LogP contribution in [0.5, 0.6) is 11.5 Å². The Morgan fingerprint density at radius 3 is 1.98 bits per heavy atom. The van der Waals surface area contributed by atoms with E-state index in [1.807, 2.05) is 27.7 Å². The van der Waals surface area contributed by atoms with Gasteiger partial charge in [-0.1, -0.05) is 39.3 Å². The largest absolute Gasteiger partial charge is 0.493 e. The molecule has 0 amide bonds. The molecule has 0 saturated carbocycles. The monoisotopic (exact) mass is 705 g/mol. The highest BCUT2D eigenvalue weighted by molar-refractivity contribution is 9.10. The van der Waals surface area contributed by atoms with Crippen LogP contribution in [0.25, 0.3) is 0 Å². The van der Waals surface area contributed by atoms with Crippen LogP contribution in [0.15, 0.2) is 68.3 Å². The van der Waals surface area contributed by atoms with Crippen LogP contribution in [0.2, 0.25) is 5.02 Å². The number of hydrogen-bond donors (Lipinski definition) is 1. The maximum absolute atomic E-state index is 13.9. The Morgan fingerprint density at radius 2 is 1.50 bits per heavy atom. The second kappa shape index (κ2) is 11.3. The molecule has 234 valence electrons. The average molecular weight is 707 g/mol. The van der Waals surface area contributed by atoms with Gasteiger partial charge in [-0.25, -0.2) is 0 Å². The van der Waals surface area contributed by atoms with Crippen molar-refractivity contribution in [1.29, 1.82) is 0 Å². The molecule has 0 atom stereocenters. The molecule has 3 aliphatic rings. The van der Waals surface area contributed by atoms with Crippen molar-refractivity contribution in [2.24, 2.45) is 10.8 Å². The fourth-order valence-electron chi connectivity index (χ4n) is 6.45. The topological polar surface area (TPSA) is 127 Å². The Labute approximate surface area is 270 Å². The highest BCUT2D eigenvalue weighted by atomic mass is 79.9. The van der Waals surface area contributed by atoms with Crippen LogP contribution in [0, 0.1) is 10.8 Å². The fourth-order valence-corrected chi connectivity index (χ4v) is 8.18. The molecule has 2 aliphatic carbocycles. The zero-order chi connectivity index (χ0) is 32.4. The number of aliphatic carboxylic acids is 1. The average Bonchev–Trinajstić information content (AvgIpc) is 2.89. The van der Waals surface area contributed by atoms with Gasteiger partial charge in [-0.05, 0) is 81.6 Å². The number of carboxylic acid groups (broad SMARTS) is 1. The summed E-state index contributed by atoms with van der Waals surface area (Å²) in [6.45, 7) is 7.49. The first-order valence-corrected chi connectivity index (χ1v) is 16.6. The Hall–Kier alpha value is -3.15. The van der Waals surface area contributed by atoms with Crippen molar-refractivity contribution in [2.45, 2.75) is 64.2 Å². The van der Waals surface area contributed by atoms with Gasteiger partial charge < -0.3 is 18.9 Å². The van der Waals surface area contributed by atoms with Gasteiger partial charge in [0.05, 0.1) is 11.6 Å².